The van der Waals surface area contributed by atoms with E-state index in [1.807, 2.05) is 43.3 Å². The summed E-state index contributed by atoms with van der Waals surface area (Å²) in [4.78, 5) is 18.7. The zero-order chi connectivity index (χ0) is 23.4. The van der Waals surface area contributed by atoms with Crippen molar-refractivity contribution in [3.8, 4) is 5.75 Å². The summed E-state index contributed by atoms with van der Waals surface area (Å²) in [7, 11) is 0. The molecule has 1 aliphatic rings. The van der Waals surface area contributed by atoms with Gasteiger partial charge in [-0.05, 0) is 53.4 Å². The van der Waals surface area contributed by atoms with Gasteiger partial charge in [0.05, 0.1) is 18.1 Å². The van der Waals surface area contributed by atoms with Crippen LogP contribution in [-0.4, -0.2) is 39.7 Å². The highest BCUT2D eigenvalue weighted by atomic mass is 35.5. The van der Waals surface area contributed by atoms with Gasteiger partial charge in [-0.3, -0.25) is 9.78 Å². The van der Waals surface area contributed by atoms with Crippen LogP contribution in [0.2, 0.25) is 5.02 Å². The summed E-state index contributed by atoms with van der Waals surface area (Å²) >= 11 is 5.80. The molecule has 2 aromatic carbocycles. The first-order valence-corrected chi connectivity index (χ1v) is 11.3. The molecule has 1 aromatic heterocycles. The molecule has 0 bridgehead atoms. The molecule has 3 aromatic rings. The quantitative estimate of drug-likeness (QED) is 0.533. The first kappa shape index (κ1) is 23.2. The number of carbonyl (C=O) groups excluding carboxylic acids is 1. The van der Waals surface area contributed by atoms with Gasteiger partial charge in [-0.15, -0.1) is 0 Å². The van der Waals surface area contributed by atoms with E-state index in [1.54, 1.807) is 23.4 Å². The van der Waals surface area contributed by atoms with E-state index in [-0.39, 0.29) is 30.5 Å². The number of rotatable bonds is 8. The van der Waals surface area contributed by atoms with Crippen molar-refractivity contribution in [2.24, 2.45) is 0 Å². The Labute approximate surface area is 197 Å². The molecule has 0 spiro atoms. The number of fused-ring (bicyclic) bond motifs is 1. The highest BCUT2D eigenvalue weighted by Gasteiger charge is 2.35. The summed E-state index contributed by atoms with van der Waals surface area (Å²) in [6.45, 7) is 2.56. The number of nitrogens with zero attached hydrogens (tertiary/aromatic N) is 2. The van der Waals surface area contributed by atoms with Gasteiger partial charge in [-0.2, -0.15) is 0 Å². The second-order valence-electron chi connectivity index (χ2n) is 8.67. The van der Waals surface area contributed by atoms with Gasteiger partial charge in [0.25, 0.3) is 0 Å². The van der Waals surface area contributed by atoms with Crippen LogP contribution in [-0.2, 0) is 30.6 Å². The number of hydrogen-bond acceptors (Lipinski definition) is 4. The molecule has 0 saturated heterocycles. The summed E-state index contributed by atoms with van der Waals surface area (Å²) in [6, 6.07) is 14.3. The normalized spacial score (nSPS) is 16.8. The lowest BCUT2D eigenvalue weighted by Crippen LogP contribution is -2.34. The molecule has 1 amide bonds. The SMILES string of the molecule is C[C@@]1(Cc2ccc(Cl)c(F)c2)Cc2cc(CC(=O)N(CCO)Cc3cccnc3)ccc2O1. The van der Waals surface area contributed by atoms with Crippen LogP contribution in [0, 0.1) is 5.82 Å². The van der Waals surface area contributed by atoms with Crippen molar-refractivity contribution in [1.29, 1.82) is 0 Å². The average Bonchev–Trinajstić information content (AvgIpc) is 3.11. The van der Waals surface area contributed by atoms with Crippen LogP contribution in [0.5, 0.6) is 5.75 Å². The number of aromatic nitrogens is 1. The standard InChI is InChI=1S/C26H26ClFN2O3/c1-26(14-19-4-6-22(27)23(28)12-19)15-21-11-18(5-7-24(21)33-26)13-25(32)30(9-10-31)17-20-3-2-8-29-16-20/h2-8,11-12,16,31H,9-10,13-15,17H2,1H3/t26-/m1/s1. The van der Waals surface area contributed by atoms with Crippen LogP contribution in [0.1, 0.15) is 29.2 Å². The van der Waals surface area contributed by atoms with E-state index in [2.05, 4.69) is 4.98 Å². The van der Waals surface area contributed by atoms with Crippen molar-refractivity contribution in [2.75, 3.05) is 13.2 Å². The van der Waals surface area contributed by atoms with Gasteiger partial charge in [-0.25, -0.2) is 4.39 Å². The van der Waals surface area contributed by atoms with Crippen molar-refractivity contribution < 1.29 is 19.0 Å². The van der Waals surface area contributed by atoms with Crippen LogP contribution in [0.25, 0.3) is 0 Å². The highest BCUT2D eigenvalue weighted by molar-refractivity contribution is 6.30. The number of aliphatic hydroxyl groups excluding tert-OH is 1. The van der Waals surface area contributed by atoms with E-state index in [1.165, 1.54) is 6.07 Å². The monoisotopic (exact) mass is 468 g/mol. The minimum atomic E-state index is -0.505. The molecular weight excluding hydrogens is 443 g/mol. The fraction of sp³-hybridized carbons (Fsp3) is 0.308. The van der Waals surface area contributed by atoms with E-state index in [0.29, 0.717) is 19.4 Å². The smallest absolute Gasteiger partial charge is 0.227 e. The maximum absolute atomic E-state index is 13.8. The molecule has 33 heavy (non-hydrogen) atoms. The summed E-state index contributed by atoms with van der Waals surface area (Å²) in [5.41, 5.74) is 3.14. The second kappa shape index (κ2) is 9.89. The van der Waals surface area contributed by atoms with E-state index in [4.69, 9.17) is 16.3 Å². The molecular formula is C26H26ClFN2O3. The summed E-state index contributed by atoms with van der Waals surface area (Å²) in [5.74, 6) is 0.282. The predicted molar refractivity (Wildman–Crippen MR) is 125 cm³/mol. The van der Waals surface area contributed by atoms with E-state index in [0.717, 1.165) is 28.0 Å². The number of aliphatic hydroxyl groups is 1. The van der Waals surface area contributed by atoms with Crippen molar-refractivity contribution >= 4 is 17.5 Å². The molecule has 0 radical (unpaired) electrons. The van der Waals surface area contributed by atoms with E-state index >= 15 is 0 Å². The molecule has 172 valence electrons. The van der Waals surface area contributed by atoms with Crippen molar-refractivity contribution in [1.82, 2.24) is 9.88 Å². The number of ether oxygens (including phenoxy) is 1. The van der Waals surface area contributed by atoms with Crippen LogP contribution >= 0.6 is 11.6 Å². The molecule has 4 rings (SSSR count). The zero-order valence-corrected chi connectivity index (χ0v) is 19.2. The topological polar surface area (TPSA) is 62.7 Å². The van der Waals surface area contributed by atoms with Gasteiger partial charge in [0.1, 0.15) is 17.2 Å². The van der Waals surface area contributed by atoms with Crippen LogP contribution < -0.4 is 4.74 Å². The fourth-order valence-corrected chi connectivity index (χ4v) is 4.39. The molecule has 0 saturated carbocycles. The number of hydrogen-bond donors (Lipinski definition) is 1. The van der Waals surface area contributed by atoms with Crippen LogP contribution in [0.15, 0.2) is 60.9 Å². The Balaban J connectivity index is 1.43. The second-order valence-corrected chi connectivity index (χ2v) is 9.08. The Morgan fingerprint density at radius 3 is 2.76 bits per heavy atom. The molecule has 0 unspecified atom stereocenters. The Bertz CT molecular complexity index is 1140. The van der Waals surface area contributed by atoms with E-state index in [9.17, 15) is 14.3 Å². The summed E-state index contributed by atoms with van der Waals surface area (Å²) in [5, 5.41) is 9.51. The fourth-order valence-electron chi connectivity index (χ4n) is 4.28. The summed E-state index contributed by atoms with van der Waals surface area (Å²) in [6.07, 6.45) is 4.83. The Hall–Kier alpha value is -2.96. The minimum Gasteiger partial charge on any atom is -0.487 e. The minimum absolute atomic E-state index is 0.0637. The number of halogens is 2. The van der Waals surface area contributed by atoms with Gasteiger partial charge >= 0.3 is 0 Å². The molecule has 1 aliphatic heterocycles. The number of carbonyl (C=O) groups is 1. The summed E-state index contributed by atoms with van der Waals surface area (Å²) < 4.78 is 20.0. The molecule has 5 nitrogen and oxygen atoms in total. The Kier molecular flexibility index (Phi) is 6.96. The molecule has 2 heterocycles. The zero-order valence-electron chi connectivity index (χ0n) is 18.4. The first-order chi connectivity index (χ1) is 15.8. The molecule has 7 heteroatoms. The molecule has 0 aliphatic carbocycles. The molecule has 1 N–H and O–H groups in total. The number of amides is 1. The number of benzene rings is 2. The van der Waals surface area contributed by atoms with Gasteiger partial charge in [0.15, 0.2) is 0 Å². The lowest BCUT2D eigenvalue weighted by Gasteiger charge is -2.24. The third-order valence-electron chi connectivity index (χ3n) is 5.78. The lowest BCUT2D eigenvalue weighted by atomic mass is 9.91. The maximum Gasteiger partial charge on any atom is 0.227 e. The van der Waals surface area contributed by atoms with Crippen molar-refractivity contribution in [3.05, 3.63) is 94.0 Å². The van der Waals surface area contributed by atoms with Crippen molar-refractivity contribution in [2.45, 2.75) is 38.3 Å². The Morgan fingerprint density at radius 2 is 2.03 bits per heavy atom. The van der Waals surface area contributed by atoms with Gasteiger partial charge in [0, 0.05) is 38.3 Å². The van der Waals surface area contributed by atoms with Gasteiger partial charge in [-0.1, -0.05) is 35.9 Å². The highest BCUT2D eigenvalue weighted by Crippen LogP contribution is 2.38. The third kappa shape index (κ3) is 5.70. The predicted octanol–water partition coefficient (Wildman–Crippen LogP) is 4.37. The first-order valence-electron chi connectivity index (χ1n) is 10.9. The Morgan fingerprint density at radius 1 is 1.21 bits per heavy atom. The maximum atomic E-state index is 13.8. The lowest BCUT2D eigenvalue weighted by molar-refractivity contribution is -0.131. The van der Waals surface area contributed by atoms with Crippen molar-refractivity contribution in [3.63, 3.8) is 0 Å². The third-order valence-corrected chi connectivity index (χ3v) is 6.09. The van der Waals surface area contributed by atoms with E-state index < -0.39 is 11.4 Å². The number of pyridine rings is 1. The van der Waals surface area contributed by atoms with Gasteiger partial charge < -0.3 is 14.7 Å². The van der Waals surface area contributed by atoms with Crippen LogP contribution in [0.4, 0.5) is 4.39 Å². The molecule has 1 atom stereocenters. The van der Waals surface area contributed by atoms with Gasteiger partial charge in [0.2, 0.25) is 5.91 Å². The average molecular weight is 469 g/mol. The largest absolute Gasteiger partial charge is 0.487 e. The van der Waals surface area contributed by atoms with Crippen LogP contribution in [0.3, 0.4) is 0 Å². The molecule has 0 fully saturated rings.